The Balaban J connectivity index is 1.88. The van der Waals surface area contributed by atoms with Crippen molar-refractivity contribution in [2.75, 3.05) is 7.11 Å². The number of hydrogen-bond donors (Lipinski definition) is 1. The molecular formula is C14H17N3OS. The molecule has 0 spiro atoms. The average Bonchev–Trinajstić information content (AvgIpc) is 3.17. The molecule has 5 heteroatoms. The summed E-state index contributed by atoms with van der Waals surface area (Å²) >= 11 is 1.70. The summed E-state index contributed by atoms with van der Waals surface area (Å²) in [6, 6.07) is 4.72. The van der Waals surface area contributed by atoms with Crippen molar-refractivity contribution in [2.45, 2.75) is 31.8 Å². The molecule has 0 saturated heterocycles. The van der Waals surface area contributed by atoms with Gasteiger partial charge >= 0.3 is 0 Å². The van der Waals surface area contributed by atoms with Gasteiger partial charge in [0, 0.05) is 29.4 Å². The summed E-state index contributed by atoms with van der Waals surface area (Å²) < 4.78 is 5.11. The van der Waals surface area contributed by atoms with E-state index >= 15 is 0 Å². The van der Waals surface area contributed by atoms with Gasteiger partial charge < -0.3 is 10.1 Å². The normalized spacial score (nSPS) is 16.3. The minimum absolute atomic E-state index is 0.143. The smallest absolute Gasteiger partial charge is 0.212 e. The fourth-order valence-electron chi connectivity index (χ4n) is 1.98. The predicted molar refractivity (Wildman–Crippen MR) is 75.6 cm³/mol. The molecular weight excluding hydrogens is 258 g/mol. The molecule has 1 unspecified atom stereocenters. The second kappa shape index (κ2) is 5.27. The van der Waals surface area contributed by atoms with Crippen LogP contribution >= 0.6 is 11.3 Å². The number of thiazole rings is 1. The molecule has 1 N–H and O–H groups in total. The summed E-state index contributed by atoms with van der Waals surface area (Å²) in [5.41, 5.74) is 2.21. The van der Waals surface area contributed by atoms with Crippen molar-refractivity contribution in [3.8, 4) is 5.88 Å². The number of aryl methyl sites for hydroxylation is 1. The van der Waals surface area contributed by atoms with E-state index < -0.39 is 0 Å². The van der Waals surface area contributed by atoms with E-state index in [1.54, 1.807) is 18.4 Å². The standard InChI is InChI=1S/C14H17N3OS/c1-9-8-19-14(16-9)13(17-11-4-5-11)10-3-6-12(18-2)15-7-10/h3,6-8,11,13,17H,4-5H2,1-2H3. The third kappa shape index (κ3) is 2.93. The lowest BCUT2D eigenvalue weighted by atomic mass is 10.1. The zero-order valence-electron chi connectivity index (χ0n) is 11.1. The molecule has 19 heavy (non-hydrogen) atoms. The summed E-state index contributed by atoms with van der Waals surface area (Å²) in [7, 11) is 1.63. The largest absolute Gasteiger partial charge is 0.481 e. The van der Waals surface area contributed by atoms with E-state index in [1.807, 2.05) is 19.2 Å². The van der Waals surface area contributed by atoms with Crippen LogP contribution in [0.15, 0.2) is 23.7 Å². The Hall–Kier alpha value is -1.46. The molecule has 0 aliphatic heterocycles. The molecule has 1 saturated carbocycles. The molecule has 0 aromatic carbocycles. The first-order chi connectivity index (χ1) is 9.26. The van der Waals surface area contributed by atoms with Crippen LogP contribution in [0, 0.1) is 6.92 Å². The molecule has 100 valence electrons. The van der Waals surface area contributed by atoms with Crippen LogP contribution in [0.1, 0.15) is 35.1 Å². The maximum atomic E-state index is 5.11. The van der Waals surface area contributed by atoms with Crippen molar-refractivity contribution in [3.05, 3.63) is 40.0 Å². The van der Waals surface area contributed by atoms with E-state index in [0.717, 1.165) is 16.3 Å². The van der Waals surface area contributed by atoms with Crippen LogP contribution in [0.25, 0.3) is 0 Å². The van der Waals surface area contributed by atoms with Gasteiger partial charge in [0.1, 0.15) is 5.01 Å². The minimum Gasteiger partial charge on any atom is -0.481 e. The molecule has 3 rings (SSSR count). The molecule has 1 aliphatic rings. The highest BCUT2D eigenvalue weighted by molar-refractivity contribution is 7.09. The summed E-state index contributed by atoms with van der Waals surface area (Å²) in [5.74, 6) is 0.643. The molecule has 1 fully saturated rings. The summed E-state index contributed by atoms with van der Waals surface area (Å²) in [6.07, 6.45) is 4.38. The third-order valence-corrected chi connectivity index (χ3v) is 4.19. The molecule has 1 atom stereocenters. The number of nitrogens with one attached hydrogen (secondary N) is 1. The van der Waals surface area contributed by atoms with Gasteiger partial charge in [-0.25, -0.2) is 9.97 Å². The molecule has 2 aromatic heterocycles. The predicted octanol–water partition coefficient (Wildman–Crippen LogP) is 2.70. The SMILES string of the molecule is COc1ccc(C(NC2CC2)c2nc(C)cs2)cn1. The first-order valence-corrected chi connectivity index (χ1v) is 7.32. The van der Waals surface area contributed by atoms with E-state index in [9.17, 15) is 0 Å². The Labute approximate surface area is 116 Å². The highest BCUT2D eigenvalue weighted by Gasteiger charge is 2.28. The van der Waals surface area contributed by atoms with Crippen molar-refractivity contribution >= 4 is 11.3 Å². The van der Waals surface area contributed by atoms with Crippen molar-refractivity contribution in [2.24, 2.45) is 0 Å². The van der Waals surface area contributed by atoms with E-state index in [0.29, 0.717) is 11.9 Å². The number of rotatable bonds is 5. The van der Waals surface area contributed by atoms with Crippen molar-refractivity contribution < 1.29 is 4.74 Å². The van der Waals surface area contributed by atoms with Crippen molar-refractivity contribution in [3.63, 3.8) is 0 Å². The van der Waals surface area contributed by atoms with E-state index in [2.05, 4.69) is 26.7 Å². The quantitative estimate of drug-likeness (QED) is 0.911. The summed E-state index contributed by atoms with van der Waals surface area (Å²) in [5, 5.41) is 6.84. The Kier molecular flexibility index (Phi) is 3.48. The Morgan fingerprint density at radius 1 is 1.42 bits per heavy atom. The van der Waals surface area contributed by atoms with E-state index in [1.165, 1.54) is 12.8 Å². The minimum atomic E-state index is 0.143. The van der Waals surface area contributed by atoms with E-state index in [-0.39, 0.29) is 6.04 Å². The molecule has 0 amide bonds. The van der Waals surface area contributed by atoms with Crippen molar-refractivity contribution in [1.82, 2.24) is 15.3 Å². The fraction of sp³-hybridized carbons (Fsp3) is 0.429. The second-order valence-electron chi connectivity index (χ2n) is 4.83. The van der Waals surface area contributed by atoms with Gasteiger partial charge in [0.25, 0.3) is 0 Å². The highest BCUT2D eigenvalue weighted by Crippen LogP contribution is 2.30. The Morgan fingerprint density at radius 3 is 2.79 bits per heavy atom. The zero-order valence-corrected chi connectivity index (χ0v) is 11.9. The van der Waals surface area contributed by atoms with Crippen LogP contribution in [0.2, 0.25) is 0 Å². The van der Waals surface area contributed by atoms with Gasteiger partial charge in [-0.15, -0.1) is 11.3 Å². The molecule has 0 radical (unpaired) electrons. The maximum absolute atomic E-state index is 5.11. The Morgan fingerprint density at radius 2 is 2.26 bits per heavy atom. The fourth-order valence-corrected chi connectivity index (χ4v) is 2.86. The van der Waals surface area contributed by atoms with Crippen LogP contribution < -0.4 is 10.1 Å². The first-order valence-electron chi connectivity index (χ1n) is 6.44. The van der Waals surface area contributed by atoms with Gasteiger partial charge in [-0.05, 0) is 25.3 Å². The number of hydrogen-bond acceptors (Lipinski definition) is 5. The molecule has 2 aromatic rings. The average molecular weight is 275 g/mol. The molecule has 0 bridgehead atoms. The van der Waals surface area contributed by atoms with Gasteiger partial charge in [0.05, 0.1) is 13.2 Å². The van der Waals surface area contributed by atoms with Crippen LogP contribution in [0.5, 0.6) is 5.88 Å². The van der Waals surface area contributed by atoms with E-state index in [4.69, 9.17) is 4.74 Å². The van der Waals surface area contributed by atoms with Gasteiger partial charge in [-0.3, -0.25) is 0 Å². The lowest BCUT2D eigenvalue weighted by molar-refractivity contribution is 0.397. The highest BCUT2D eigenvalue weighted by atomic mass is 32.1. The number of nitrogens with zero attached hydrogens (tertiary/aromatic N) is 2. The molecule has 2 heterocycles. The van der Waals surface area contributed by atoms with Gasteiger partial charge in [-0.1, -0.05) is 6.07 Å². The number of aromatic nitrogens is 2. The van der Waals surface area contributed by atoms with Crippen LogP contribution in [-0.4, -0.2) is 23.1 Å². The topological polar surface area (TPSA) is 47.0 Å². The maximum Gasteiger partial charge on any atom is 0.212 e. The monoisotopic (exact) mass is 275 g/mol. The second-order valence-corrected chi connectivity index (χ2v) is 5.72. The summed E-state index contributed by atoms with van der Waals surface area (Å²) in [4.78, 5) is 8.90. The van der Waals surface area contributed by atoms with Crippen LogP contribution in [-0.2, 0) is 0 Å². The third-order valence-electron chi connectivity index (χ3n) is 3.17. The Bertz CT molecular complexity index is 548. The molecule has 1 aliphatic carbocycles. The number of pyridine rings is 1. The zero-order chi connectivity index (χ0) is 13.2. The van der Waals surface area contributed by atoms with Gasteiger partial charge in [0.2, 0.25) is 5.88 Å². The number of ether oxygens (including phenoxy) is 1. The lowest BCUT2D eigenvalue weighted by Gasteiger charge is -2.16. The number of methoxy groups -OCH3 is 1. The van der Waals surface area contributed by atoms with Gasteiger partial charge in [0.15, 0.2) is 0 Å². The lowest BCUT2D eigenvalue weighted by Crippen LogP contribution is -2.24. The first kappa shape index (κ1) is 12.6. The van der Waals surface area contributed by atoms with Crippen molar-refractivity contribution in [1.29, 1.82) is 0 Å². The van der Waals surface area contributed by atoms with Crippen LogP contribution in [0.3, 0.4) is 0 Å². The molecule has 4 nitrogen and oxygen atoms in total. The van der Waals surface area contributed by atoms with Crippen LogP contribution in [0.4, 0.5) is 0 Å². The summed E-state index contributed by atoms with van der Waals surface area (Å²) in [6.45, 7) is 2.03. The van der Waals surface area contributed by atoms with Gasteiger partial charge in [-0.2, -0.15) is 0 Å².